The smallest absolute Gasteiger partial charge is 0.180 e. The van der Waals surface area contributed by atoms with Gasteiger partial charge in [0.1, 0.15) is 6.61 Å². The van der Waals surface area contributed by atoms with Gasteiger partial charge in [0.2, 0.25) is 0 Å². The van der Waals surface area contributed by atoms with Crippen molar-refractivity contribution in [1.29, 1.82) is 0 Å². The SMILES string of the molecule is CCCCCCCCNCc1cc(Cl)c(OCc2cccnc2)c(OC)c1.Cl.Cl. The van der Waals surface area contributed by atoms with Crippen LogP contribution in [0.1, 0.15) is 56.6 Å². The van der Waals surface area contributed by atoms with E-state index in [2.05, 4.69) is 17.2 Å². The normalized spacial score (nSPS) is 10.0. The van der Waals surface area contributed by atoms with Gasteiger partial charge in [-0.3, -0.25) is 4.98 Å². The number of ether oxygens (including phenoxy) is 2. The summed E-state index contributed by atoms with van der Waals surface area (Å²) in [5.41, 5.74) is 2.08. The van der Waals surface area contributed by atoms with Crippen molar-refractivity contribution in [1.82, 2.24) is 10.3 Å². The molecule has 0 saturated heterocycles. The van der Waals surface area contributed by atoms with Gasteiger partial charge in [-0.15, -0.1) is 24.8 Å². The third kappa shape index (κ3) is 10.4. The zero-order valence-electron chi connectivity index (χ0n) is 17.3. The third-order valence-corrected chi connectivity index (χ3v) is 4.71. The fraction of sp³-hybridized carbons (Fsp3) is 0.500. The predicted octanol–water partition coefficient (Wildman–Crippen LogP) is 6.62. The minimum Gasteiger partial charge on any atom is -0.493 e. The second kappa shape index (κ2) is 16.6. The maximum Gasteiger partial charge on any atom is 0.180 e. The van der Waals surface area contributed by atoms with Crippen molar-refractivity contribution in [3.8, 4) is 11.5 Å². The van der Waals surface area contributed by atoms with E-state index in [0.29, 0.717) is 23.1 Å². The van der Waals surface area contributed by atoms with Gasteiger partial charge in [-0.25, -0.2) is 0 Å². The van der Waals surface area contributed by atoms with Crippen LogP contribution in [0, 0.1) is 0 Å². The summed E-state index contributed by atoms with van der Waals surface area (Å²) in [5.74, 6) is 1.23. The molecule has 0 unspecified atom stereocenters. The maximum atomic E-state index is 6.44. The molecule has 29 heavy (non-hydrogen) atoms. The number of unbranched alkanes of at least 4 members (excludes halogenated alkanes) is 5. The summed E-state index contributed by atoms with van der Waals surface area (Å²) in [5, 5.41) is 4.05. The van der Waals surface area contributed by atoms with Crippen molar-refractivity contribution < 1.29 is 9.47 Å². The van der Waals surface area contributed by atoms with E-state index in [0.717, 1.165) is 24.2 Å². The summed E-state index contributed by atoms with van der Waals surface area (Å²) in [7, 11) is 1.64. The highest BCUT2D eigenvalue weighted by Crippen LogP contribution is 2.37. The lowest BCUT2D eigenvalue weighted by Gasteiger charge is -2.14. The topological polar surface area (TPSA) is 43.4 Å². The maximum absolute atomic E-state index is 6.44. The first kappa shape index (κ1) is 27.8. The largest absolute Gasteiger partial charge is 0.493 e. The van der Waals surface area contributed by atoms with E-state index in [1.807, 2.05) is 24.3 Å². The molecule has 0 amide bonds. The Morgan fingerprint density at radius 1 is 1.03 bits per heavy atom. The average molecular weight is 464 g/mol. The molecule has 0 spiro atoms. The molecule has 0 aliphatic rings. The van der Waals surface area contributed by atoms with Crippen molar-refractivity contribution in [3.05, 3.63) is 52.8 Å². The molecule has 7 heteroatoms. The fourth-order valence-electron chi connectivity index (χ4n) is 2.92. The standard InChI is InChI=1S/C22H31ClN2O2.2ClH/c1-3-4-5-6-7-8-11-24-16-19-13-20(23)22(21(14-19)26-2)27-17-18-10-9-12-25-15-18;;/h9-10,12-15,24H,3-8,11,16-17H2,1-2H3;2*1H. The van der Waals surface area contributed by atoms with Gasteiger partial charge < -0.3 is 14.8 Å². The Balaban J connectivity index is 0.00000392. The number of rotatable bonds is 13. The molecule has 0 aliphatic heterocycles. The molecule has 1 aromatic carbocycles. The molecule has 1 aromatic heterocycles. The quantitative estimate of drug-likeness (QED) is 0.339. The highest BCUT2D eigenvalue weighted by molar-refractivity contribution is 6.32. The lowest BCUT2D eigenvalue weighted by atomic mass is 10.1. The van der Waals surface area contributed by atoms with Gasteiger partial charge in [-0.05, 0) is 36.7 Å². The van der Waals surface area contributed by atoms with Crippen LogP contribution in [0.15, 0.2) is 36.7 Å². The fourth-order valence-corrected chi connectivity index (χ4v) is 3.21. The van der Waals surface area contributed by atoms with Gasteiger partial charge >= 0.3 is 0 Å². The van der Waals surface area contributed by atoms with E-state index < -0.39 is 0 Å². The van der Waals surface area contributed by atoms with Crippen LogP contribution >= 0.6 is 36.4 Å². The molecule has 2 aromatic rings. The number of aromatic nitrogens is 1. The molecule has 0 radical (unpaired) electrons. The van der Waals surface area contributed by atoms with E-state index in [4.69, 9.17) is 21.1 Å². The minimum absolute atomic E-state index is 0. The Bertz CT molecular complexity index is 673. The number of benzene rings is 1. The summed E-state index contributed by atoms with van der Waals surface area (Å²) in [6.45, 7) is 4.44. The van der Waals surface area contributed by atoms with E-state index in [1.165, 1.54) is 38.5 Å². The van der Waals surface area contributed by atoms with Crippen LogP contribution in [0.25, 0.3) is 0 Å². The molecule has 4 nitrogen and oxygen atoms in total. The summed E-state index contributed by atoms with van der Waals surface area (Å²) in [6, 6.07) is 7.78. The summed E-state index contributed by atoms with van der Waals surface area (Å²) >= 11 is 6.44. The molecule has 1 N–H and O–H groups in total. The predicted molar refractivity (Wildman–Crippen MR) is 126 cm³/mol. The zero-order chi connectivity index (χ0) is 19.3. The number of nitrogens with zero attached hydrogens (tertiary/aromatic N) is 1. The third-order valence-electron chi connectivity index (χ3n) is 4.43. The Morgan fingerprint density at radius 3 is 2.48 bits per heavy atom. The first-order chi connectivity index (χ1) is 13.2. The van der Waals surface area contributed by atoms with Gasteiger partial charge in [-0.1, -0.05) is 56.7 Å². The van der Waals surface area contributed by atoms with Gasteiger partial charge in [0.15, 0.2) is 11.5 Å². The number of hydrogen-bond donors (Lipinski definition) is 1. The highest BCUT2D eigenvalue weighted by Gasteiger charge is 2.12. The van der Waals surface area contributed by atoms with Crippen molar-refractivity contribution in [2.45, 2.75) is 58.6 Å². The molecule has 1 heterocycles. The van der Waals surface area contributed by atoms with Crippen LogP contribution in [-0.4, -0.2) is 18.6 Å². The Labute approximate surface area is 192 Å². The van der Waals surface area contributed by atoms with Gasteiger partial charge in [0, 0.05) is 24.5 Å². The molecule has 0 atom stereocenters. The van der Waals surface area contributed by atoms with Gasteiger partial charge in [-0.2, -0.15) is 0 Å². The van der Waals surface area contributed by atoms with Crippen LogP contribution in [0.2, 0.25) is 5.02 Å². The van der Waals surface area contributed by atoms with Crippen LogP contribution in [0.3, 0.4) is 0 Å². The Hall–Kier alpha value is -1.20. The van der Waals surface area contributed by atoms with Gasteiger partial charge in [0.25, 0.3) is 0 Å². The van der Waals surface area contributed by atoms with Crippen LogP contribution in [0.4, 0.5) is 0 Å². The van der Waals surface area contributed by atoms with Crippen LogP contribution in [-0.2, 0) is 13.2 Å². The van der Waals surface area contributed by atoms with Crippen molar-refractivity contribution >= 4 is 36.4 Å². The Kier molecular flexibility index (Phi) is 15.9. The first-order valence-electron chi connectivity index (χ1n) is 9.83. The zero-order valence-corrected chi connectivity index (χ0v) is 19.7. The van der Waals surface area contributed by atoms with E-state index >= 15 is 0 Å². The van der Waals surface area contributed by atoms with E-state index in [9.17, 15) is 0 Å². The molecule has 0 bridgehead atoms. The molecule has 0 aliphatic carbocycles. The van der Waals surface area contributed by atoms with Crippen LogP contribution in [0.5, 0.6) is 11.5 Å². The van der Waals surface area contributed by atoms with E-state index in [1.54, 1.807) is 19.5 Å². The molecule has 0 fully saturated rings. The number of methoxy groups -OCH3 is 1. The summed E-state index contributed by atoms with van der Waals surface area (Å²) < 4.78 is 11.4. The van der Waals surface area contributed by atoms with E-state index in [-0.39, 0.29) is 24.8 Å². The molecular formula is C22H33Cl3N2O2. The molecular weight excluding hydrogens is 431 g/mol. The van der Waals surface area contributed by atoms with Gasteiger partial charge in [0.05, 0.1) is 12.1 Å². The van der Waals surface area contributed by atoms with Crippen molar-refractivity contribution in [3.63, 3.8) is 0 Å². The second-order valence-electron chi connectivity index (χ2n) is 6.70. The lowest BCUT2D eigenvalue weighted by Crippen LogP contribution is -2.14. The highest BCUT2D eigenvalue weighted by atomic mass is 35.5. The summed E-state index contributed by atoms with van der Waals surface area (Å²) in [4.78, 5) is 4.09. The van der Waals surface area contributed by atoms with Crippen molar-refractivity contribution in [2.24, 2.45) is 0 Å². The number of hydrogen-bond acceptors (Lipinski definition) is 4. The molecule has 2 rings (SSSR count). The number of pyridine rings is 1. The Morgan fingerprint density at radius 2 is 1.79 bits per heavy atom. The lowest BCUT2D eigenvalue weighted by molar-refractivity contribution is 0.284. The summed E-state index contributed by atoms with van der Waals surface area (Å²) in [6.07, 6.45) is 11.3. The second-order valence-corrected chi connectivity index (χ2v) is 7.11. The average Bonchev–Trinajstić information content (AvgIpc) is 2.69. The first-order valence-corrected chi connectivity index (χ1v) is 10.2. The molecule has 164 valence electrons. The van der Waals surface area contributed by atoms with Crippen molar-refractivity contribution in [2.75, 3.05) is 13.7 Å². The van der Waals surface area contributed by atoms with Crippen LogP contribution < -0.4 is 14.8 Å². The number of nitrogens with one attached hydrogen (secondary N) is 1. The minimum atomic E-state index is 0. The monoisotopic (exact) mass is 462 g/mol. The number of halogens is 3. The molecule has 0 saturated carbocycles.